The van der Waals surface area contributed by atoms with Gasteiger partial charge in [-0.15, -0.1) is 0 Å². The largest absolute Gasteiger partial charge is 0.293 e. The number of nitrogens with one attached hydrogen (secondary N) is 1. The number of aromatic nitrogens is 5. The molecule has 1 N–H and O–H groups in total. The standard InChI is InChI=1S/C11H10IN5O/c1-6-10(12)11-14-7(5-9(18)17(11)15-6)8-3-4-13-16(8)2/h3-5,15H,1-2H3. The summed E-state index contributed by atoms with van der Waals surface area (Å²) in [5.41, 5.74) is 2.92. The lowest BCUT2D eigenvalue weighted by molar-refractivity contribution is 0.772. The first-order valence-electron chi connectivity index (χ1n) is 5.34. The summed E-state index contributed by atoms with van der Waals surface area (Å²) in [5, 5.41) is 7.08. The van der Waals surface area contributed by atoms with E-state index < -0.39 is 0 Å². The average Bonchev–Trinajstić information content (AvgIpc) is 2.87. The molecule has 0 atom stereocenters. The Morgan fingerprint density at radius 3 is 2.89 bits per heavy atom. The van der Waals surface area contributed by atoms with Crippen molar-refractivity contribution in [2.75, 3.05) is 0 Å². The normalized spacial score (nSPS) is 11.3. The second kappa shape index (κ2) is 3.94. The van der Waals surface area contributed by atoms with Crippen LogP contribution in [0.2, 0.25) is 0 Å². The predicted molar refractivity (Wildman–Crippen MR) is 75.5 cm³/mol. The summed E-state index contributed by atoms with van der Waals surface area (Å²) >= 11 is 2.18. The van der Waals surface area contributed by atoms with Gasteiger partial charge >= 0.3 is 0 Å². The number of hydrogen-bond donors (Lipinski definition) is 1. The molecule has 0 spiro atoms. The highest BCUT2D eigenvalue weighted by Crippen LogP contribution is 2.19. The van der Waals surface area contributed by atoms with Crippen LogP contribution in [0.5, 0.6) is 0 Å². The number of nitrogens with zero attached hydrogens (tertiary/aromatic N) is 4. The van der Waals surface area contributed by atoms with Crippen molar-refractivity contribution >= 4 is 28.2 Å². The van der Waals surface area contributed by atoms with Gasteiger partial charge in [0.15, 0.2) is 5.65 Å². The molecule has 92 valence electrons. The zero-order valence-corrected chi connectivity index (χ0v) is 12.0. The van der Waals surface area contributed by atoms with Crippen molar-refractivity contribution in [1.82, 2.24) is 24.4 Å². The zero-order chi connectivity index (χ0) is 12.9. The molecule has 3 heterocycles. The third kappa shape index (κ3) is 1.57. The van der Waals surface area contributed by atoms with E-state index in [1.54, 1.807) is 10.9 Å². The van der Waals surface area contributed by atoms with Crippen molar-refractivity contribution in [3.8, 4) is 11.4 Å². The molecule has 3 aromatic rings. The molecule has 0 aromatic carbocycles. The van der Waals surface area contributed by atoms with Gasteiger partial charge in [0, 0.05) is 25.0 Å². The summed E-state index contributed by atoms with van der Waals surface area (Å²) in [6.45, 7) is 1.92. The molecule has 3 rings (SSSR count). The third-order valence-corrected chi connectivity index (χ3v) is 4.10. The van der Waals surface area contributed by atoms with Crippen LogP contribution in [0.25, 0.3) is 17.0 Å². The summed E-state index contributed by atoms with van der Waals surface area (Å²) in [5.74, 6) is 0. The van der Waals surface area contributed by atoms with Crippen molar-refractivity contribution in [2.45, 2.75) is 6.92 Å². The van der Waals surface area contributed by atoms with Gasteiger partial charge in [0.1, 0.15) is 0 Å². The first-order valence-corrected chi connectivity index (χ1v) is 6.42. The Hall–Kier alpha value is -1.64. The van der Waals surface area contributed by atoms with E-state index in [0.29, 0.717) is 11.3 Å². The Kier molecular flexibility index (Phi) is 2.51. The fourth-order valence-corrected chi connectivity index (χ4v) is 2.36. The zero-order valence-electron chi connectivity index (χ0n) is 9.81. The minimum atomic E-state index is -0.123. The van der Waals surface area contributed by atoms with Crippen molar-refractivity contribution in [3.63, 3.8) is 0 Å². The maximum Gasteiger partial charge on any atom is 0.273 e. The number of aryl methyl sites for hydroxylation is 2. The minimum Gasteiger partial charge on any atom is -0.293 e. The van der Waals surface area contributed by atoms with E-state index in [4.69, 9.17) is 0 Å². The van der Waals surface area contributed by atoms with E-state index in [2.05, 4.69) is 37.8 Å². The fraction of sp³-hybridized carbons (Fsp3) is 0.182. The molecule has 3 aromatic heterocycles. The number of halogens is 1. The predicted octanol–water partition coefficient (Wildman–Crippen LogP) is 1.34. The Bertz CT molecular complexity index is 797. The smallest absolute Gasteiger partial charge is 0.273 e. The second-order valence-corrected chi connectivity index (χ2v) is 5.11. The topological polar surface area (TPSA) is 68.0 Å². The summed E-state index contributed by atoms with van der Waals surface area (Å²) in [6.07, 6.45) is 1.69. The Balaban J connectivity index is 2.37. The van der Waals surface area contributed by atoms with E-state index in [1.807, 2.05) is 20.0 Å². The van der Waals surface area contributed by atoms with Crippen LogP contribution in [0.3, 0.4) is 0 Å². The van der Waals surface area contributed by atoms with Gasteiger partial charge in [-0.1, -0.05) is 0 Å². The van der Waals surface area contributed by atoms with E-state index in [-0.39, 0.29) is 5.56 Å². The summed E-state index contributed by atoms with van der Waals surface area (Å²) in [7, 11) is 1.83. The van der Waals surface area contributed by atoms with Gasteiger partial charge in [-0.25, -0.2) is 9.50 Å². The molecule has 0 unspecified atom stereocenters. The maximum atomic E-state index is 12.0. The van der Waals surface area contributed by atoms with Crippen LogP contribution in [-0.4, -0.2) is 24.4 Å². The van der Waals surface area contributed by atoms with Crippen molar-refractivity contribution in [3.05, 3.63) is 37.9 Å². The van der Waals surface area contributed by atoms with Gasteiger partial charge in [0.25, 0.3) is 5.56 Å². The van der Waals surface area contributed by atoms with Crippen LogP contribution in [0.1, 0.15) is 5.69 Å². The molecule has 0 bridgehead atoms. The Labute approximate surface area is 116 Å². The van der Waals surface area contributed by atoms with E-state index >= 15 is 0 Å². The van der Waals surface area contributed by atoms with E-state index in [9.17, 15) is 4.79 Å². The third-order valence-electron chi connectivity index (χ3n) is 2.81. The lowest BCUT2D eigenvalue weighted by Gasteiger charge is -2.01. The lowest BCUT2D eigenvalue weighted by Crippen LogP contribution is -2.15. The molecule has 7 heteroatoms. The molecule has 0 aliphatic rings. The van der Waals surface area contributed by atoms with Crippen molar-refractivity contribution in [2.24, 2.45) is 7.05 Å². The first-order chi connectivity index (χ1) is 8.58. The van der Waals surface area contributed by atoms with E-state index in [1.165, 1.54) is 10.6 Å². The van der Waals surface area contributed by atoms with Crippen molar-refractivity contribution in [1.29, 1.82) is 0 Å². The number of fused-ring (bicyclic) bond motifs is 1. The van der Waals surface area contributed by atoms with Crippen LogP contribution >= 0.6 is 22.6 Å². The maximum absolute atomic E-state index is 12.0. The Morgan fingerprint density at radius 2 is 2.22 bits per heavy atom. The van der Waals surface area contributed by atoms with Crippen LogP contribution in [0, 0.1) is 10.5 Å². The van der Waals surface area contributed by atoms with Gasteiger partial charge in [0.2, 0.25) is 0 Å². The number of rotatable bonds is 1. The first kappa shape index (κ1) is 11.5. The highest BCUT2D eigenvalue weighted by Gasteiger charge is 2.12. The van der Waals surface area contributed by atoms with Gasteiger partial charge in [0.05, 0.1) is 15.0 Å². The minimum absolute atomic E-state index is 0.123. The van der Waals surface area contributed by atoms with E-state index in [0.717, 1.165) is 15.0 Å². The summed E-state index contributed by atoms with van der Waals surface area (Å²) in [4.78, 5) is 16.6. The number of aromatic amines is 1. The van der Waals surface area contributed by atoms with Gasteiger partial charge in [-0.3, -0.25) is 14.6 Å². The highest BCUT2D eigenvalue weighted by atomic mass is 127. The highest BCUT2D eigenvalue weighted by molar-refractivity contribution is 14.1. The summed E-state index contributed by atoms with van der Waals surface area (Å²) in [6, 6.07) is 3.35. The summed E-state index contributed by atoms with van der Waals surface area (Å²) < 4.78 is 4.11. The average molecular weight is 355 g/mol. The molecule has 0 aliphatic carbocycles. The monoisotopic (exact) mass is 355 g/mol. The molecular weight excluding hydrogens is 345 g/mol. The lowest BCUT2D eigenvalue weighted by atomic mass is 10.3. The van der Waals surface area contributed by atoms with Crippen LogP contribution in [0.15, 0.2) is 23.1 Å². The van der Waals surface area contributed by atoms with Crippen LogP contribution in [-0.2, 0) is 7.05 Å². The van der Waals surface area contributed by atoms with Gasteiger partial charge < -0.3 is 0 Å². The molecule has 6 nitrogen and oxygen atoms in total. The van der Waals surface area contributed by atoms with Crippen LogP contribution in [0.4, 0.5) is 0 Å². The second-order valence-electron chi connectivity index (χ2n) is 4.03. The molecule has 0 aliphatic heterocycles. The number of H-pyrrole nitrogens is 1. The Morgan fingerprint density at radius 1 is 1.44 bits per heavy atom. The molecule has 0 saturated carbocycles. The molecule has 0 fully saturated rings. The molecule has 0 radical (unpaired) electrons. The quantitative estimate of drug-likeness (QED) is 0.670. The molecular formula is C11H10IN5O. The van der Waals surface area contributed by atoms with Crippen molar-refractivity contribution < 1.29 is 0 Å². The fourth-order valence-electron chi connectivity index (χ4n) is 1.88. The van der Waals surface area contributed by atoms with Gasteiger partial charge in [-0.05, 0) is 35.6 Å². The molecule has 18 heavy (non-hydrogen) atoms. The molecule has 0 amide bonds. The van der Waals surface area contributed by atoms with Crippen LogP contribution < -0.4 is 5.56 Å². The van der Waals surface area contributed by atoms with Gasteiger partial charge in [-0.2, -0.15) is 5.10 Å². The SMILES string of the molecule is Cc1[nH]n2c(=O)cc(-c3ccnn3C)nc2c1I. The molecule has 0 saturated heterocycles. The number of hydrogen-bond acceptors (Lipinski definition) is 3.